The molecular weight excluding hydrogens is 402 g/mol. The van der Waals surface area contributed by atoms with Gasteiger partial charge in [-0.15, -0.1) is 0 Å². The van der Waals surface area contributed by atoms with Crippen LogP contribution in [-0.4, -0.2) is 23.7 Å². The molecule has 0 N–H and O–H groups in total. The Morgan fingerprint density at radius 3 is 2.03 bits per heavy atom. The van der Waals surface area contributed by atoms with Crippen LogP contribution in [0.5, 0.6) is 5.75 Å². The number of carbonyl (C=O) groups excluding carboxylic acids is 3. The number of allylic oxidation sites excluding steroid dienone is 2. The smallest absolute Gasteiger partial charge is 0.238 e. The normalized spacial score (nSPS) is 32.5. The molecule has 3 fully saturated rings. The summed E-state index contributed by atoms with van der Waals surface area (Å²) in [7, 11) is 0. The molecule has 32 heavy (non-hydrogen) atoms. The van der Waals surface area contributed by atoms with Crippen molar-refractivity contribution >= 4 is 23.3 Å². The SMILES string of the molecule is Cc1ccc(C(=O)C(C)Oc2ccc(N3C(=O)C4C5C=CC(C6CC56)C4C3=O)cc2)cc1. The van der Waals surface area contributed by atoms with E-state index in [9.17, 15) is 14.4 Å². The van der Waals surface area contributed by atoms with E-state index in [1.807, 2.05) is 19.1 Å². The van der Waals surface area contributed by atoms with Gasteiger partial charge in [-0.25, -0.2) is 0 Å². The second kappa shape index (κ2) is 6.89. The summed E-state index contributed by atoms with van der Waals surface area (Å²) in [4.78, 5) is 40.5. The molecule has 2 amide bonds. The number of hydrogen-bond donors (Lipinski definition) is 0. The van der Waals surface area contributed by atoms with E-state index in [2.05, 4.69) is 12.2 Å². The summed E-state index contributed by atoms with van der Waals surface area (Å²) in [6.07, 6.45) is 4.87. The summed E-state index contributed by atoms with van der Waals surface area (Å²) < 4.78 is 5.84. The lowest BCUT2D eigenvalue weighted by Crippen LogP contribution is -2.40. The predicted molar refractivity (Wildman–Crippen MR) is 119 cm³/mol. The van der Waals surface area contributed by atoms with E-state index in [4.69, 9.17) is 4.74 Å². The van der Waals surface area contributed by atoms with Crippen LogP contribution in [-0.2, 0) is 9.59 Å². The zero-order valence-corrected chi connectivity index (χ0v) is 18.1. The van der Waals surface area contributed by atoms with Crippen LogP contribution in [0.15, 0.2) is 60.7 Å². The summed E-state index contributed by atoms with van der Waals surface area (Å²) in [5.41, 5.74) is 2.28. The summed E-state index contributed by atoms with van der Waals surface area (Å²) in [6.45, 7) is 3.70. The average Bonchev–Trinajstić information content (AvgIpc) is 3.58. The maximum Gasteiger partial charge on any atom is 0.238 e. The minimum absolute atomic E-state index is 0.0683. The summed E-state index contributed by atoms with van der Waals surface area (Å²) in [5.74, 6) is 1.50. The molecule has 2 aromatic carbocycles. The molecule has 0 spiro atoms. The maximum absolute atomic E-state index is 13.2. The zero-order valence-electron chi connectivity index (χ0n) is 18.1. The summed E-state index contributed by atoms with van der Waals surface area (Å²) in [5, 5.41) is 0. The Morgan fingerprint density at radius 2 is 1.47 bits per heavy atom. The quantitative estimate of drug-likeness (QED) is 0.408. The first kappa shape index (κ1) is 19.5. The van der Waals surface area contributed by atoms with Gasteiger partial charge in [0.05, 0.1) is 17.5 Å². The van der Waals surface area contributed by atoms with E-state index in [1.165, 1.54) is 4.90 Å². The standard InChI is InChI=1S/C27H25NO4/c1-14-3-5-16(6-4-14)25(29)15(2)32-18-9-7-17(8-10-18)28-26(30)23-19-11-12-20(22-13-21(19)22)24(23)27(28)31/h3-12,15,19-24H,13H2,1-2H3. The zero-order chi connectivity index (χ0) is 22.1. The van der Waals surface area contributed by atoms with Crippen molar-refractivity contribution in [2.75, 3.05) is 4.90 Å². The monoisotopic (exact) mass is 427 g/mol. The molecule has 4 aliphatic carbocycles. The third kappa shape index (κ3) is 2.80. The van der Waals surface area contributed by atoms with Crippen LogP contribution in [0.4, 0.5) is 5.69 Å². The van der Waals surface area contributed by atoms with E-state index in [0.717, 1.165) is 12.0 Å². The van der Waals surface area contributed by atoms with Gasteiger partial charge < -0.3 is 4.74 Å². The van der Waals surface area contributed by atoms with Gasteiger partial charge in [-0.1, -0.05) is 42.0 Å². The van der Waals surface area contributed by atoms with Crippen LogP contribution < -0.4 is 9.64 Å². The van der Waals surface area contributed by atoms with Gasteiger partial charge in [0, 0.05) is 5.56 Å². The molecular formula is C27H25NO4. The fourth-order valence-electron chi connectivity index (χ4n) is 6.10. The molecule has 7 rings (SSSR count). The largest absolute Gasteiger partial charge is 0.483 e. The first-order chi connectivity index (χ1) is 15.4. The van der Waals surface area contributed by atoms with Crippen molar-refractivity contribution in [3.8, 4) is 5.75 Å². The number of amides is 2. The average molecular weight is 428 g/mol. The third-order valence-electron chi connectivity index (χ3n) is 7.78. The van der Waals surface area contributed by atoms with Crippen molar-refractivity contribution in [1.82, 2.24) is 0 Å². The molecule has 2 bridgehead atoms. The van der Waals surface area contributed by atoms with Crippen LogP contribution in [0.1, 0.15) is 29.3 Å². The van der Waals surface area contributed by atoms with Crippen molar-refractivity contribution in [1.29, 1.82) is 0 Å². The molecule has 5 heteroatoms. The van der Waals surface area contributed by atoms with Crippen molar-refractivity contribution in [3.63, 3.8) is 0 Å². The Bertz CT molecular complexity index is 1110. The molecule has 2 saturated carbocycles. The van der Waals surface area contributed by atoms with Crippen molar-refractivity contribution in [3.05, 3.63) is 71.8 Å². The number of ether oxygens (including phenoxy) is 1. The fraction of sp³-hybridized carbons (Fsp3) is 0.370. The van der Waals surface area contributed by atoms with Gasteiger partial charge in [-0.3, -0.25) is 19.3 Å². The number of carbonyl (C=O) groups is 3. The second-order valence-electron chi connectivity index (χ2n) is 9.65. The number of aryl methyl sites for hydroxylation is 1. The van der Waals surface area contributed by atoms with E-state index < -0.39 is 6.10 Å². The first-order valence-electron chi connectivity index (χ1n) is 11.4. The highest BCUT2D eigenvalue weighted by Crippen LogP contribution is 2.65. The van der Waals surface area contributed by atoms with Crippen LogP contribution in [0.2, 0.25) is 0 Å². The van der Waals surface area contributed by atoms with Crippen LogP contribution in [0.25, 0.3) is 0 Å². The van der Waals surface area contributed by atoms with Crippen molar-refractivity contribution in [2.45, 2.75) is 26.4 Å². The van der Waals surface area contributed by atoms with Crippen LogP contribution >= 0.6 is 0 Å². The fourth-order valence-corrected chi connectivity index (χ4v) is 6.10. The molecule has 0 aromatic heterocycles. The maximum atomic E-state index is 13.2. The van der Waals surface area contributed by atoms with E-state index in [-0.39, 0.29) is 41.3 Å². The van der Waals surface area contributed by atoms with Crippen LogP contribution in [0, 0.1) is 42.4 Å². The number of Topliss-reactive ketones (excluding diaryl/α,β-unsaturated/α-hetero) is 1. The molecule has 2 aromatic rings. The number of anilines is 1. The third-order valence-corrected chi connectivity index (χ3v) is 7.78. The predicted octanol–water partition coefficient (Wildman–Crippen LogP) is 4.20. The lowest BCUT2D eigenvalue weighted by atomic mass is 9.63. The minimum Gasteiger partial charge on any atom is -0.483 e. The molecule has 7 atom stereocenters. The number of hydrogen-bond acceptors (Lipinski definition) is 4. The highest BCUT2D eigenvalue weighted by Gasteiger charge is 2.67. The lowest BCUT2D eigenvalue weighted by molar-refractivity contribution is -0.124. The Balaban J connectivity index is 1.18. The molecule has 1 aliphatic heterocycles. The molecule has 5 nitrogen and oxygen atoms in total. The summed E-state index contributed by atoms with van der Waals surface area (Å²) in [6, 6.07) is 14.3. The molecule has 1 saturated heterocycles. The second-order valence-corrected chi connectivity index (χ2v) is 9.65. The Morgan fingerprint density at radius 1 is 0.906 bits per heavy atom. The Labute approximate surface area is 187 Å². The number of rotatable bonds is 5. The molecule has 7 unspecified atom stereocenters. The molecule has 1 heterocycles. The van der Waals surface area contributed by atoms with Gasteiger partial charge in [0.1, 0.15) is 5.75 Å². The minimum atomic E-state index is -0.644. The Hall–Kier alpha value is -3.21. The van der Waals surface area contributed by atoms with E-state index in [0.29, 0.717) is 28.8 Å². The van der Waals surface area contributed by atoms with Gasteiger partial charge in [0.25, 0.3) is 0 Å². The molecule has 5 aliphatic rings. The van der Waals surface area contributed by atoms with Gasteiger partial charge in [0.15, 0.2) is 6.10 Å². The van der Waals surface area contributed by atoms with Gasteiger partial charge in [-0.2, -0.15) is 0 Å². The van der Waals surface area contributed by atoms with Crippen molar-refractivity contribution < 1.29 is 19.1 Å². The van der Waals surface area contributed by atoms with Crippen molar-refractivity contribution in [2.24, 2.45) is 35.5 Å². The molecule has 162 valence electrons. The number of nitrogens with zero attached hydrogens (tertiary/aromatic N) is 1. The Kier molecular flexibility index (Phi) is 4.19. The van der Waals surface area contributed by atoms with Gasteiger partial charge in [0.2, 0.25) is 17.6 Å². The molecule has 0 radical (unpaired) electrons. The van der Waals surface area contributed by atoms with Crippen LogP contribution in [0.3, 0.4) is 0 Å². The van der Waals surface area contributed by atoms with E-state index >= 15 is 0 Å². The lowest BCUT2D eigenvalue weighted by Gasteiger charge is -2.37. The topological polar surface area (TPSA) is 63.7 Å². The summed E-state index contributed by atoms with van der Waals surface area (Å²) >= 11 is 0. The highest BCUT2D eigenvalue weighted by molar-refractivity contribution is 6.22. The van der Waals surface area contributed by atoms with Gasteiger partial charge in [-0.05, 0) is 68.2 Å². The highest BCUT2D eigenvalue weighted by atomic mass is 16.5. The number of ketones is 1. The van der Waals surface area contributed by atoms with E-state index in [1.54, 1.807) is 43.3 Å². The number of benzene rings is 2. The number of imide groups is 1. The van der Waals surface area contributed by atoms with Gasteiger partial charge >= 0.3 is 0 Å². The first-order valence-corrected chi connectivity index (χ1v) is 11.4.